The first-order valence-electron chi connectivity index (χ1n) is 7.03. The standard InChI is InChI=1S/C15H23ClN2/c1-3-11-4-6-12(7-5-11)15(17-2)14-9-8-13(16)10-18-14/h8-12,15,17H,3-7H2,1-2H3. The van der Waals surface area contributed by atoms with Crippen molar-refractivity contribution in [1.29, 1.82) is 0 Å². The summed E-state index contributed by atoms with van der Waals surface area (Å²) in [4.78, 5) is 4.47. The van der Waals surface area contributed by atoms with Gasteiger partial charge in [0.15, 0.2) is 0 Å². The zero-order valence-electron chi connectivity index (χ0n) is 11.3. The van der Waals surface area contributed by atoms with Crippen LogP contribution in [0.3, 0.4) is 0 Å². The maximum absolute atomic E-state index is 5.90. The smallest absolute Gasteiger partial charge is 0.0589 e. The van der Waals surface area contributed by atoms with Gasteiger partial charge in [-0.05, 0) is 43.9 Å². The van der Waals surface area contributed by atoms with Gasteiger partial charge in [0.1, 0.15) is 0 Å². The van der Waals surface area contributed by atoms with Crippen molar-refractivity contribution in [3.05, 3.63) is 29.0 Å². The van der Waals surface area contributed by atoms with E-state index < -0.39 is 0 Å². The van der Waals surface area contributed by atoms with Crippen LogP contribution in [0, 0.1) is 11.8 Å². The molecule has 100 valence electrons. The van der Waals surface area contributed by atoms with Gasteiger partial charge in [-0.25, -0.2) is 0 Å². The van der Waals surface area contributed by atoms with Gasteiger partial charge in [0.05, 0.1) is 16.8 Å². The van der Waals surface area contributed by atoms with Gasteiger partial charge in [-0.1, -0.05) is 37.8 Å². The minimum absolute atomic E-state index is 0.375. The zero-order valence-corrected chi connectivity index (χ0v) is 12.1. The van der Waals surface area contributed by atoms with Gasteiger partial charge in [0.25, 0.3) is 0 Å². The molecule has 0 spiro atoms. The molecular formula is C15H23ClN2. The van der Waals surface area contributed by atoms with E-state index in [1.54, 1.807) is 6.20 Å². The molecule has 2 rings (SSSR count). The summed E-state index contributed by atoms with van der Waals surface area (Å²) in [5.74, 6) is 1.66. The Morgan fingerprint density at radius 2 is 2.06 bits per heavy atom. The lowest BCUT2D eigenvalue weighted by Gasteiger charge is -2.33. The Kier molecular flexibility index (Phi) is 5.02. The van der Waals surface area contributed by atoms with Gasteiger partial charge >= 0.3 is 0 Å². The van der Waals surface area contributed by atoms with Gasteiger partial charge in [-0.3, -0.25) is 4.98 Å². The van der Waals surface area contributed by atoms with Gasteiger partial charge in [-0.15, -0.1) is 0 Å². The average Bonchev–Trinajstić information content (AvgIpc) is 2.42. The predicted molar refractivity (Wildman–Crippen MR) is 76.8 cm³/mol. The first-order valence-corrected chi connectivity index (χ1v) is 7.41. The number of pyridine rings is 1. The molecule has 0 radical (unpaired) electrons. The van der Waals surface area contributed by atoms with Crippen molar-refractivity contribution in [3.63, 3.8) is 0 Å². The monoisotopic (exact) mass is 266 g/mol. The van der Waals surface area contributed by atoms with E-state index in [1.807, 2.05) is 13.1 Å². The van der Waals surface area contributed by atoms with Gasteiger partial charge < -0.3 is 5.32 Å². The van der Waals surface area contributed by atoms with Crippen LogP contribution in [0.1, 0.15) is 50.8 Å². The average molecular weight is 267 g/mol. The third-order valence-corrected chi connectivity index (χ3v) is 4.54. The Morgan fingerprint density at radius 3 is 2.56 bits per heavy atom. The molecule has 3 heteroatoms. The molecule has 0 bridgehead atoms. The van der Waals surface area contributed by atoms with E-state index in [-0.39, 0.29) is 0 Å². The number of nitrogens with zero attached hydrogens (tertiary/aromatic N) is 1. The van der Waals surface area contributed by atoms with Crippen molar-refractivity contribution < 1.29 is 0 Å². The van der Waals surface area contributed by atoms with E-state index in [2.05, 4.69) is 23.3 Å². The van der Waals surface area contributed by atoms with Crippen molar-refractivity contribution in [3.8, 4) is 0 Å². The topological polar surface area (TPSA) is 24.9 Å². The van der Waals surface area contributed by atoms with Crippen LogP contribution in [0.4, 0.5) is 0 Å². The highest BCUT2D eigenvalue weighted by Crippen LogP contribution is 2.37. The lowest BCUT2D eigenvalue weighted by molar-refractivity contribution is 0.222. The van der Waals surface area contributed by atoms with Crippen molar-refractivity contribution in [2.24, 2.45) is 11.8 Å². The van der Waals surface area contributed by atoms with E-state index in [0.717, 1.165) is 11.6 Å². The number of hydrogen-bond acceptors (Lipinski definition) is 2. The summed E-state index contributed by atoms with van der Waals surface area (Å²) in [6.45, 7) is 2.31. The summed E-state index contributed by atoms with van der Waals surface area (Å²) in [5.41, 5.74) is 1.13. The van der Waals surface area contributed by atoms with Crippen molar-refractivity contribution in [2.75, 3.05) is 7.05 Å². The molecule has 1 fully saturated rings. The van der Waals surface area contributed by atoms with Crippen molar-refractivity contribution in [2.45, 2.75) is 45.1 Å². The fourth-order valence-corrected chi connectivity index (χ4v) is 3.24. The Hall–Kier alpha value is -0.600. The SMILES string of the molecule is CCC1CCC(C(NC)c2ccc(Cl)cn2)CC1. The minimum atomic E-state index is 0.375. The maximum atomic E-state index is 5.90. The molecule has 18 heavy (non-hydrogen) atoms. The fraction of sp³-hybridized carbons (Fsp3) is 0.667. The summed E-state index contributed by atoms with van der Waals surface area (Å²) in [7, 11) is 2.03. The Bertz CT molecular complexity index is 355. The van der Waals surface area contributed by atoms with Crippen molar-refractivity contribution >= 4 is 11.6 Å². The molecule has 2 nitrogen and oxygen atoms in total. The molecule has 1 aromatic heterocycles. The van der Waals surface area contributed by atoms with Crippen LogP contribution in [0.2, 0.25) is 5.02 Å². The Morgan fingerprint density at radius 1 is 1.33 bits per heavy atom. The zero-order chi connectivity index (χ0) is 13.0. The molecule has 1 aliphatic rings. The first kappa shape index (κ1) is 13.8. The van der Waals surface area contributed by atoms with Crippen LogP contribution in [0.15, 0.2) is 18.3 Å². The van der Waals surface area contributed by atoms with Crippen LogP contribution in [0.5, 0.6) is 0 Å². The summed E-state index contributed by atoms with van der Waals surface area (Å²) in [6.07, 6.45) is 8.44. The molecule has 1 saturated carbocycles. The van der Waals surface area contributed by atoms with Crippen molar-refractivity contribution in [1.82, 2.24) is 10.3 Å². The molecule has 1 atom stereocenters. The lowest BCUT2D eigenvalue weighted by atomic mass is 9.77. The molecule has 0 aliphatic heterocycles. The maximum Gasteiger partial charge on any atom is 0.0589 e. The third kappa shape index (κ3) is 3.24. The number of rotatable bonds is 4. The molecule has 1 heterocycles. The fourth-order valence-electron chi connectivity index (χ4n) is 3.13. The molecular weight excluding hydrogens is 244 g/mol. The van der Waals surface area contributed by atoms with Crippen LogP contribution < -0.4 is 5.32 Å². The second-order valence-electron chi connectivity index (χ2n) is 5.36. The van der Waals surface area contributed by atoms with Gasteiger partial charge in [0, 0.05) is 6.20 Å². The summed E-state index contributed by atoms with van der Waals surface area (Å²) < 4.78 is 0. The first-order chi connectivity index (χ1) is 8.74. The number of nitrogens with one attached hydrogen (secondary N) is 1. The third-order valence-electron chi connectivity index (χ3n) is 4.32. The minimum Gasteiger partial charge on any atom is -0.311 e. The lowest BCUT2D eigenvalue weighted by Crippen LogP contribution is -2.29. The summed E-state index contributed by atoms with van der Waals surface area (Å²) >= 11 is 5.90. The van der Waals surface area contributed by atoms with Crippen LogP contribution in [-0.2, 0) is 0 Å². The van der Waals surface area contributed by atoms with Gasteiger partial charge in [0.2, 0.25) is 0 Å². The van der Waals surface area contributed by atoms with E-state index in [1.165, 1.54) is 32.1 Å². The molecule has 0 saturated heterocycles. The molecule has 1 unspecified atom stereocenters. The summed E-state index contributed by atoms with van der Waals surface area (Å²) in [5, 5.41) is 4.15. The second kappa shape index (κ2) is 6.53. The molecule has 1 aromatic rings. The van der Waals surface area contributed by atoms with E-state index in [4.69, 9.17) is 11.6 Å². The van der Waals surface area contributed by atoms with E-state index in [9.17, 15) is 0 Å². The number of aromatic nitrogens is 1. The quantitative estimate of drug-likeness (QED) is 0.883. The predicted octanol–water partition coefficient (Wildman–Crippen LogP) is 4.21. The van der Waals surface area contributed by atoms with Crippen LogP contribution in [0.25, 0.3) is 0 Å². The molecule has 1 N–H and O–H groups in total. The number of halogens is 1. The van der Waals surface area contributed by atoms with Crippen LogP contribution in [-0.4, -0.2) is 12.0 Å². The molecule has 0 aromatic carbocycles. The Balaban J connectivity index is 2.03. The van der Waals surface area contributed by atoms with E-state index >= 15 is 0 Å². The largest absolute Gasteiger partial charge is 0.311 e. The summed E-state index contributed by atoms with van der Waals surface area (Å²) in [6, 6.07) is 4.36. The van der Waals surface area contributed by atoms with Crippen LogP contribution >= 0.6 is 11.6 Å². The highest BCUT2D eigenvalue weighted by atomic mass is 35.5. The molecule has 1 aliphatic carbocycles. The Labute approximate surface area is 115 Å². The van der Waals surface area contributed by atoms with E-state index in [0.29, 0.717) is 17.0 Å². The van der Waals surface area contributed by atoms with Gasteiger partial charge in [-0.2, -0.15) is 0 Å². The second-order valence-corrected chi connectivity index (χ2v) is 5.79. The normalized spacial score (nSPS) is 25.9. The highest BCUT2D eigenvalue weighted by molar-refractivity contribution is 6.30. The highest BCUT2D eigenvalue weighted by Gasteiger charge is 2.27. The number of hydrogen-bond donors (Lipinski definition) is 1. The molecule has 0 amide bonds.